The van der Waals surface area contributed by atoms with E-state index < -0.39 is 0 Å². The van der Waals surface area contributed by atoms with Crippen LogP contribution >= 0.6 is 11.6 Å². The molecule has 2 aromatic carbocycles. The number of carbonyl (C=O) groups excluding carboxylic acids is 1. The number of hydrogen-bond donors (Lipinski definition) is 2. The lowest BCUT2D eigenvalue weighted by Gasteiger charge is -2.17. The Morgan fingerprint density at radius 2 is 1.96 bits per heavy atom. The van der Waals surface area contributed by atoms with Crippen LogP contribution in [0, 0.1) is 0 Å². The second kappa shape index (κ2) is 7.69. The summed E-state index contributed by atoms with van der Waals surface area (Å²) in [7, 11) is 0. The molecule has 2 N–H and O–H groups in total. The van der Waals surface area contributed by atoms with E-state index in [0.717, 1.165) is 29.1 Å². The van der Waals surface area contributed by atoms with Crippen LogP contribution in [0.4, 0.5) is 0 Å². The molecule has 1 amide bonds. The first-order chi connectivity index (χ1) is 11.6. The van der Waals surface area contributed by atoms with Gasteiger partial charge in [0.2, 0.25) is 5.91 Å². The highest BCUT2D eigenvalue weighted by atomic mass is 35.5. The third kappa shape index (κ3) is 4.49. The molecule has 0 saturated carbocycles. The third-order valence-electron chi connectivity index (χ3n) is 4.28. The van der Waals surface area contributed by atoms with Crippen molar-refractivity contribution in [2.45, 2.75) is 25.4 Å². The Hall–Kier alpha value is -2.04. The number of hydrogen-bond acceptors (Lipinski definition) is 3. The van der Waals surface area contributed by atoms with E-state index in [9.17, 15) is 9.90 Å². The van der Waals surface area contributed by atoms with Gasteiger partial charge in [0.15, 0.2) is 0 Å². The molecule has 0 radical (unpaired) electrons. The number of nitrogens with zero attached hydrogens (tertiary/aromatic N) is 1. The van der Waals surface area contributed by atoms with Crippen LogP contribution in [-0.4, -0.2) is 35.0 Å². The van der Waals surface area contributed by atoms with Crippen molar-refractivity contribution in [2.24, 2.45) is 0 Å². The summed E-state index contributed by atoms with van der Waals surface area (Å²) >= 11 is 5.99. The van der Waals surface area contributed by atoms with E-state index >= 15 is 0 Å². The number of rotatable bonds is 6. The molecule has 0 aliphatic carbocycles. The molecule has 126 valence electrons. The third-order valence-corrected chi connectivity index (χ3v) is 4.51. The van der Waals surface area contributed by atoms with Crippen LogP contribution < -0.4 is 5.32 Å². The minimum Gasteiger partial charge on any atom is -0.508 e. The lowest BCUT2D eigenvalue weighted by atomic mass is 10.1. The average molecular weight is 345 g/mol. The number of phenols is 1. The topological polar surface area (TPSA) is 52.6 Å². The van der Waals surface area contributed by atoms with Crippen molar-refractivity contribution in [3.63, 3.8) is 0 Å². The van der Waals surface area contributed by atoms with E-state index in [1.165, 1.54) is 0 Å². The highest BCUT2D eigenvalue weighted by Gasteiger charge is 2.28. The average Bonchev–Trinajstić information content (AvgIpc) is 2.91. The molecule has 4 nitrogen and oxygen atoms in total. The van der Waals surface area contributed by atoms with Gasteiger partial charge in [-0.25, -0.2) is 0 Å². The van der Waals surface area contributed by atoms with E-state index in [1.54, 1.807) is 12.1 Å². The number of likely N-dealkylation sites (tertiary alicyclic amines) is 1. The fourth-order valence-corrected chi connectivity index (χ4v) is 3.22. The Balaban J connectivity index is 1.48. The first-order valence-corrected chi connectivity index (χ1v) is 8.51. The number of phenolic OH excluding ortho intramolecular Hbond substituents is 1. The fourth-order valence-electron chi connectivity index (χ4n) is 3.01. The maximum atomic E-state index is 12.2. The van der Waals surface area contributed by atoms with Crippen molar-refractivity contribution in [3.05, 3.63) is 64.7 Å². The zero-order valence-corrected chi connectivity index (χ0v) is 14.2. The number of aromatic hydroxyl groups is 1. The Morgan fingerprint density at radius 1 is 1.17 bits per heavy atom. The first kappa shape index (κ1) is 16.8. The number of benzene rings is 2. The van der Waals surface area contributed by atoms with Crippen LogP contribution in [-0.2, 0) is 17.8 Å². The van der Waals surface area contributed by atoms with Crippen LogP contribution in [0.1, 0.15) is 17.5 Å². The molecule has 1 saturated heterocycles. The van der Waals surface area contributed by atoms with Crippen molar-refractivity contribution < 1.29 is 9.90 Å². The summed E-state index contributed by atoms with van der Waals surface area (Å²) in [5.41, 5.74) is 2.16. The smallest absolute Gasteiger partial charge is 0.224 e. The van der Waals surface area contributed by atoms with Crippen LogP contribution in [0.25, 0.3) is 0 Å². The van der Waals surface area contributed by atoms with Gasteiger partial charge in [-0.15, -0.1) is 0 Å². The SMILES string of the molecule is O=C1C[C@H](NCc2cccc(O)c2)CN1CCc1cccc(Cl)c1. The first-order valence-electron chi connectivity index (χ1n) is 8.13. The molecule has 1 aliphatic heterocycles. The zero-order valence-electron chi connectivity index (χ0n) is 13.4. The Kier molecular flexibility index (Phi) is 5.38. The maximum Gasteiger partial charge on any atom is 0.224 e. The molecule has 5 heteroatoms. The molecular formula is C19H21ClN2O2. The molecule has 1 atom stereocenters. The monoisotopic (exact) mass is 344 g/mol. The largest absolute Gasteiger partial charge is 0.508 e. The van der Waals surface area contributed by atoms with E-state index in [0.29, 0.717) is 19.5 Å². The number of halogens is 1. The fraction of sp³-hybridized carbons (Fsp3) is 0.316. The molecular weight excluding hydrogens is 324 g/mol. The second-order valence-electron chi connectivity index (χ2n) is 6.17. The van der Waals surface area contributed by atoms with Gasteiger partial charge in [0.1, 0.15) is 5.75 Å². The van der Waals surface area contributed by atoms with Gasteiger partial charge in [-0.05, 0) is 41.8 Å². The highest BCUT2D eigenvalue weighted by molar-refractivity contribution is 6.30. The predicted octanol–water partition coefficient (Wildman–Crippen LogP) is 2.98. The Labute approximate surface area is 147 Å². The number of carbonyl (C=O) groups is 1. The van der Waals surface area contributed by atoms with E-state index in [-0.39, 0.29) is 17.7 Å². The van der Waals surface area contributed by atoms with Gasteiger partial charge in [-0.1, -0.05) is 35.9 Å². The van der Waals surface area contributed by atoms with Crippen LogP contribution in [0.2, 0.25) is 5.02 Å². The van der Waals surface area contributed by atoms with Gasteiger partial charge in [0.05, 0.1) is 0 Å². The molecule has 1 fully saturated rings. The molecule has 0 unspecified atom stereocenters. The van der Waals surface area contributed by atoms with Crippen molar-refractivity contribution in [1.29, 1.82) is 0 Å². The molecule has 0 aromatic heterocycles. The molecule has 0 bridgehead atoms. The molecule has 1 aliphatic rings. The van der Waals surface area contributed by atoms with Crippen LogP contribution in [0.5, 0.6) is 5.75 Å². The van der Waals surface area contributed by atoms with Crippen LogP contribution in [0.3, 0.4) is 0 Å². The summed E-state index contributed by atoms with van der Waals surface area (Å²) in [5, 5.41) is 13.6. The normalized spacial score (nSPS) is 17.5. The summed E-state index contributed by atoms with van der Waals surface area (Å²) in [6.07, 6.45) is 1.33. The van der Waals surface area contributed by atoms with Gasteiger partial charge >= 0.3 is 0 Å². The standard InChI is InChI=1S/C19H21ClN2O2/c20-16-5-1-3-14(9-16)7-8-22-13-17(11-19(22)24)21-12-15-4-2-6-18(23)10-15/h1-6,9-10,17,21,23H,7-8,11-13H2/t17-/m0/s1. The van der Waals surface area contributed by atoms with Gasteiger partial charge < -0.3 is 15.3 Å². The van der Waals surface area contributed by atoms with Gasteiger partial charge in [0.25, 0.3) is 0 Å². The van der Waals surface area contributed by atoms with E-state index in [2.05, 4.69) is 5.32 Å². The summed E-state index contributed by atoms with van der Waals surface area (Å²) < 4.78 is 0. The maximum absolute atomic E-state index is 12.2. The number of nitrogens with one attached hydrogen (secondary N) is 1. The zero-order chi connectivity index (χ0) is 16.9. The van der Waals surface area contributed by atoms with Crippen LogP contribution in [0.15, 0.2) is 48.5 Å². The predicted molar refractivity (Wildman–Crippen MR) is 95.1 cm³/mol. The molecule has 0 spiro atoms. The lowest BCUT2D eigenvalue weighted by Crippen LogP contribution is -2.33. The quantitative estimate of drug-likeness (QED) is 0.847. The second-order valence-corrected chi connectivity index (χ2v) is 6.61. The molecule has 2 aromatic rings. The molecule has 3 rings (SSSR count). The summed E-state index contributed by atoms with van der Waals surface area (Å²) in [5.74, 6) is 0.449. The minimum atomic E-state index is 0.152. The van der Waals surface area contributed by atoms with Crippen molar-refractivity contribution in [3.8, 4) is 5.75 Å². The van der Waals surface area contributed by atoms with E-state index in [1.807, 2.05) is 41.3 Å². The summed E-state index contributed by atoms with van der Waals surface area (Å²) in [6, 6.07) is 15.1. The van der Waals surface area contributed by atoms with Gasteiger partial charge in [-0.3, -0.25) is 4.79 Å². The van der Waals surface area contributed by atoms with Crippen molar-refractivity contribution in [2.75, 3.05) is 13.1 Å². The van der Waals surface area contributed by atoms with Gasteiger partial charge in [0, 0.05) is 37.1 Å². The summed E-state index contributed by atoms with van der Waals surface area (Å²) in [4.78, 5) is 14.1. The highest BCUT2D eigenvalue weighted by Crippen LogP contribution is 2.16. The number of amides is 1. The molecule has 1 heterocycles. The van der Waals surface area contributed by atoms with E-state index in [4.69, 9.17) is 11.6 Å². The molecule has 24 heavy (non-hydrogen) atoms. The minimum absolute atomic E-state index is 0.152. The van der Waals surface area contributed by atoms with Crippen molar-refractivity contribution >= 4 is 17.5 Å². The van der Waals surface area contributed by atoms with Gasteiger partial charge in [-0.2, -0.15) is 0 Å². The summed E-state index contributed by atoms with van der Waals surface area (Å²) in [6.45, 7) is 2.08. The Bertz CT molecular complexity index is 720. The Morgan fingerprint density at radius 3 is 2.75 bits per heavy atom. The van der Waals surface area contributed by atoms with Crippen molar-refractivity contribution in [1.82, 2.24) is 10.2 Å². The lowest BCUT2D eigenvalue weighted by molar-refractivity contribution is -0.127.